The quantitative estimate of drug-likeness (QED) is 0.604. The lowest BCUT2D eigenvalue weighted by molar-refractivity contribution is -0.385. The summed E-state index contributed by atoms with van der Waals surface area (Å²) in [6, 6.07) is 0. The van der Waals surface area contributed by atoms with Gasteiger partial charge in [-0.2, -0.15) is 0 Å². The van der Waals surface area contributed by atoms with E-state index in [-0.39, 0.29) is 5.69 Å². The van der Waals surface area contributed by atoms with Crippen LogP contribution in [-0.4, -0.2) is 46.0 Å². The van der Waals surface area contributed by atoms with Crippen molar-refractivity contribution >= 4 is 11.6 Å². The summed E-state index contributed by atoms with van der Waals surface area (Å²) < 4.78 is 0. The predicted molar refractivity (Wildman–Crippen MR) is 62.9 cm³/mol. The molecule has 0 aromatic carbocycles. The first kappa shape index (κ1) is 11.7. The van der Waals surface area contributed by atoms with E-state index in [1.165, 1.54) is 25.2 Å². The molecule has 1 saturated heterocycles. The first-order valence-corrected chi connectivity index (χ1v) is 5.68. The fourth-order valence-electron chi connectivity index (χ4n) is 1.84. The Morgan fingerprint density at radius 1 is 1.35 bits per heavy atom. The first-order chi connectivity index (χ1) is 8.25. The van der Waals surface area contributed by atoms with Crippen LogP contribution in [0.15, 0.2) is 12.4 Å². The zero-order valence-corrected chi connectivity index (χ0v) is 9.50. The van der Waals surface area contributed by atoms with Crippen LogP contribution >= 0.6 is 0 Å². The van der Waals surface area contributed by atoms with Gasteiger partial charge in [0.2, 0.25) is 5.95 Å². The third-order valence-electron chi connectivity index (χ3n) is 2.76. The summed E-state index contributed by atoms with van der Waals surface area (Å²) in [5.74, 6) is 0.440. The van der Waals surface area contributed by atoms with E-state index in [1.807, 2.05) is 0 Å². The van der Waals surface area contributed by atoms with Gasteiger partial charge in [0, 0.05) is 13.1 Å². The fourth-order valence-corrected chi connectivity index (χ4v) is 1.84. The summed E-state index contributed by atoms with van der Waals surface area (Å²) in [5, 5.41) is 13.4. The second-order valence-electron chi connectivity index (χ2n) is 4.00. The molecule has 2 heterocycles. The largest absolute Gasteiger partial charge is 0.353 e. The molecule has 0 saturated carbocycles. The van der Waals surface area contributed by atoms with Crippen LogP contribution in [0.3, 0.4) is 0 Å². The molecule has 17 heavy (non-hydrogen) atoms. The Balaban J connectivity index is 1.76. The Morgan fingerprint density at radius 2 is 2.00 bits per heavy atom. The number of nitrogens with one attached hydrogen (secondary N) is 1. The lowest BCUT2D eigenvalue weighted by Gasteiger charge is -2.14. The molecule has 1 aliphatic rings. The maximum Gasteiger partial charge on any atom is 0.305 e. The molecule has 1 fully saturated rings. The first-order valence-electron chi connectivity index (χ1n) is 5.68. The van der Waals surface area contributed by atoms with Crippen LogP contribution in [0.4, 0.5) is 11.6 Å². The smallest absolute Gasteiger partial charge is 0.305 e. The van der Waals surface area contributed by atoms with Crippen LogP contribution in [0.1, 0.15) is 12.8 Å². The number of nitrogens with zero attached hydrogens (tertiary/aromatic N) is 4. The number of hydrogen-bond acceptors (Lipinski definition) is 6. The molecule has 1 N–H and O–H groups in total. The average molecular weight is 237 g/mol. The Kier molecular flexibility index (Phi) is 3.81. The molecule has 0 radical (unpaired) electrons. The topological polar surface area (TPSA) is 84.2 Å². The maximum atomic E-state index is 10.4. The van der Waals surface area contributed by atoms with Gasteiger partial charge in [0.15, 0.2) is 0 Å². The summed E-state index contributed by atoms with van der Waals surface area (Å²) >= 11 is 0. The van der Waals surface area contributed by atoms with E-state index < -0.39 is 4.92 Å². The highest BCUT2D eigenvalue weighted by molar-refractivity contribution is 5.30. The van der Waals surface area contributed by atoms with Gasteiger partial charge in [-0.3, -0.25) is 10.1 Å². The van der Waals surface area contributed by atoms with Crippen molar-refractivity contribution < 1.29 is 4.92 Å². The van der Waals surface area contributed by atoms with Gasteiger partial charge in [0.05, 0.1) is 4.92 Å². The molecule has 0 unspecified atom stereocenters. The summed E-state index contributed by atoms with van der Waals surface area (Å²) in [6.07, 6.45) is 4.97. The molecule has 0 spiro atoms. The SMILES string of the molecule is O=[N+]([O-])c1cnc(NCCN2CCCC2)nc1. The number of likely N-dealkylation sites (tertiary alicyclic amines) is 1. The van der Waals surface area contributed by atoms with Crippen molar-refractivity contribution in [3.63, 3.8) is 0 Å². The zero-order chi connectivity index (χ0) is 12.1. The Hall–Kier alpha value is -1.76. The van der Waals surface area contributed by atoms with Crippen LogP contribution < -0.4 is 5.32 Å². The van der Waals surface area contributed by atoms with Crippen molar-refractivity contribution in [2.75, 3.05) is 31.5 Å². The summed E-state index contributed by atoms with van der Waals surface area (Å²) in [6.45, 7) is 4.03. The molecule has 1 aliphatic heterocycles. The number of hydrogen-bond donors (Lipinski definition) is 1. The number of nitro groups is 1. The van der Waals surface area contributed by atoms with E-state index in [1.54, 1.807) is 0 Å². The molecular formula is C10H15N5O2. The van der Waals surface area contributed by atoms with Gasteiger partial charge in [0.25, 0.3) is 0 Å². The molecular weight excluding hydrogens is 222 g/mol. The van der Waals surface area contributed by atoms with E-state index in [9.17, 15) is 10.1 Å². The van der Waals surface area contributed by atoms with Gasteiger partial charge >= 0.3 is 5.69 Å². The van der Waals surface area contributed by atoms with Crippen molar-refractivity contribution in [1.82, 2.24) is 14.9 Å². The van der Waals surface area contributed by atoms with Crippen LogP contribution in [0.2, 0.25) is 0 Å². The highest BCUT2D eigenvalue weighted by Gasteiger charge is 2.11. The highest BCUT2D eigenvalue weighted by Crippen LogP contribution is 2.09. The standard InChI is InChI=1S/C10H15N5O2/c16-15(17)9-7-12-10(13-8-9)11-3-6-14-4-1-2-5-14/h7-8H,1-6H2,(H,11,12,13). The van der Waals surface area contributed by atoms with E-state index >= 15 is 0 Å². The minimum Gasteiger partial charge on any atom is -0.353 e. The van der Waals surface area contributed by atoms with Crippen molar-refractivity contribution in [1.29, 1.82) is 0 Å². The Labute approximate surface area is 99.0 Å². The van der Waals surface area contributed by atoms with E-state index in [0.717, 1.165) is 26.2 Å². The van der Waals surface area contributed by atoms with Crippen LogP contribution in [0.25, 0.3) is 0 Å². The monoisotopic (exact) mass is 237 g/mol. The molecule has 2 rings (SSSR count). The Morgan fingerprint density at radius 3 is 2.59 bits per heavy atom. The van der Waals surface area contributed by atoms with Gasteiger partial charge in [-0.05, 0) is 25.9 Å². The number of rotatable bonds is 5. The molecule has 1 aromatic heterocycles. The molecule has 0 aliphatic carbocycles. The second-order valence-corrected chi connectivity index (χ2v) is 4.00. The van der Waals surface area contributed by atoms with Crippen molar-refractivity contribution in [3.05, 3.63) is 22.5 Å². The van der Waals surface area contributed by atoms with Crippen LogP contribution in [0.5, 0.6) is 0 Å². The molecule has 0 bridgehead atoms. The van der Waals surface area contributed by atoms with Gasteiger partial charge in [-0.25, -0.2) is 9.97 Å². The fraction of sp³-hybridized carbons (Fsp3) is 0.600. The molecule has 7 heteroatoms. The summed E-state index contributed by atoms with van der Waals surface area (Å²) in [5.41, 5.74) is -0.0879. The normalized spacial score (nSPS) is 16.0. The average Bonchev–Trinajstić information content (AvgIpc) is 2.83. The van der Waals surface area contributed by atoms with Crippen molar-refractivity contribution in [2.45, 2.75) is 12.8 Å². The lowest BCUT2D eigenvalue weighted by Crippen LogP contribution is -2.26. The zero-order valence-electron chi connectivity index (χ0n) is 9.50. The lowest BCUT2D eigenvalue weighted by atomic mass is 10.4. The van der Waals surface area contributed by atoms with Crippen molar-refractivity contribution in [3.8, 4) is 0 Å². The maximum absolute atomic E-state index is 10.4. The van der Waals surface area contributed by atoms with E-state index in [4.69, 9.17) is 0 Å². The molecule has 0 atom stereocenters. The summed E-state index contributed by atoms with van der Waals surface area (Å²) in [7, 11) is 0. The molecule has 0 amide bonds. The Bertz CT molecular complexity index is 375. The predicted octanol–water partition coefficient (Wildman–Crippen LogP) is 0.892. The molecule has 1 aromatic rings. The van der Waals surface area contributed by atoms with Gasteiger partial charge in [-0.1, -0.05) is 0 Å². The number of anilines is 1. The molecule has 92 valence electrons. The number of aromatic nitrogens is 2. The second kappa shape index (κ2) is 5.53. The molecule has 7 nitrogen and oxygen atoms in total. The van der Waals surface area contributed by atoms with Gasteiger partial charge in [0.1, 0.15) is 12.4 Å². The van der Waals surface area contributed by atoms with Crippen LogP contribution in [0, 0.1) is 10.1 Å². The van der Waals surface area contributed by atoms with Gasteiger partial charge < -0.3 is 10.2 Å². The highest BCUT2D eigenvalue weighted by atomic mass is 16.6. The van der Waals surface area contributed by atoms with Crippen LogP contribution in [-0.2, 0) is 0 Å². The summed E-state index contributed by atoms with van der Waals surface area (Å²) in [4.78, 5) is 20.0. The minimum absolute atomic E-state index is 0.0879. The van der Waals surface area contributed by atoms with E-state index in [2.05, 4.69) is 20.2 Å². The third-order valence-corrected chi connectivity index (χ3v) is 2.76. The van der Waals surface area contributed by atoms with Crippen molar-refractivity contribution in [2.24, 2.45) is 0 Å². The third kappa shape index (κ3) is 3.35. The minimum atomic E-state index is -0.506. The van der Waals surface area contributed by atoms with E-state index in [0.29, 0.717) is 5.95 Å². The van der Waals surface area contributed by atoms with Gasteiger partial charge in [-0.15, -0.1) is 0 Å².